The fourth-order valence-corrected chi connectivity index (χ4v) is 2.70. The molecule has 2 aromatic rings. The smallest absolute Gasteiger partial charge is 0.139 e. The predicted molar refractivity (Wildman–Crippen MR) is 87.6 cm³/mol. The molecule has 0 unspecified atom stereocenters. The Morgan fingerprint density at radius 1 is 1.29 bits per heavy atom. The Morgan fingerprint density at radius 2 is 2.14 bits per heavy atom. The van der Waals surface area contributed by atoms with Crippen molar-refractivity contribution in [3.05, 3.63) is 57.3 Å². The summed E-state index contributed by atoms with van der Waals surface area (Å²) in [5.41, 5.74) is 2.38. The lowest BCUT2D eigenvalue weighted by atomic mass is 10.1. The Balaban J connectivity index is 1.59. The standard InChI is InChI=1S/C16H16BrClN2O/c17-16-5-11(7-20-14-3-4-14)1-2-12(16)10-21-15-6-13(18)8-19-9-15/h1-2,5-6,8-9,14,20H,3-4,7,10H2. The van der Waals surface area contributed by atoms with E-state index in [1.54, 1.807) is 18.5 Å². The summed E-state index contributed by atoms with van der Waals surface area (Å²) in [6.07, 6.45) is 5.86. The number of hydrogen-bond acceptors (Lipinski definition) is 3. The fraction of sp³-hybridized carbons (Fsp3) is 0.312. The number of rotatable bonds is 6. The summed E-state index contributed by atoms with van der Waals surface area (Å²) in [5, 5.41) is 4.09. The minimum atomic E-state index is 0.485. The molecule has 1 fully saturated rings. The number of benzene rings is 1. The molecule has 1 N–H and O–H groups in total. The van der Waals surface area contributed by atoms with E-state index in [2.05, 4.69) is 44.4 Å². The van der Waals surface area contributed by atoms with Crippen LogP contribution >= 0.6 is 27.5 Å². The van der Waals surface area contributed by atoms with Crippen LogP contribution in [-0.4, -0.2) is 11.0 Å². The summed E-state index contributed by atoms with van der Waals surface area (Å²) in [5.74, 6) is 0.675. The number of pyridine rings is 1. The molecule has 0 saturated heterocycles. The van der Waals surface area contributed by atoms with E-state index < -0.39 is 0 Å². The molecule has 1 saturated carbocycles. The van der Waals surface area contributed by atoms with E-state index in [1.807, 2.05) is 0 Å². The van der Waals surface area contributed by atoms with Crippen LogP contribution in [0.25, 0.3) is 0 Å². The summed E-state index contributed by atoms with van der Waals surface area (Å²) in [4.78, 5) is 4.00. The van der Waals surface area contributed by atoms with Gasteiger partial charge in [-0.1, -0.05) is 39.7 Å². The van der Waals surface area contributed by atoms with Gasteiger partial charge in [0.15, 0.2) is 0 Å². The molecule has 5 heteroatoms. The molecule has 1 aromatic carbocycles. The topological polar surface area (TPSA) is 34.1 Å². The number of nitrogens with one attached hydrogen (secondary N) is 1. The van der Waals surface area contributed by atoms with E-state index in [9.17, 15) is 0 Å². The molecule has 0 radical (unpaired) electrons. The van der Waals surface area contributed by atoms with Crippen molar-refractivity contribution >= 4 is 27.5 Å². The molecule has 1 heterocycles. The van der Waals surface area contributed by atoms with Crippen molar-refractivity contribution in [3.63, 3.8) is 0 Å². The van der Waals surface area contributed by atoms with Gasteiger partial charge in [0.25, 0.3) is 0 Å². The van der Waals surface area contributed by atoms with E-state index in [-0.39, 0.29) is 0 Å². The average molecular weight is 368 g/mol. The third kappa shape index (κ3) is 4.43. The summed E-state index contributed by atoms with van der Waals surface area (Å²) >= 11 is 9.49. The first-order valence-electron chi connectivity index (χ1n) is 6.95. The lowest BCUT2D eigenvalue weighted by molar-refractivity contribution is 0.304. The number of aromatic nitrogens is 1. The van der Waals surface area contributed by atoms with Gasteiger partial charge in [0.2, 0.25) is 0 Å². The van der Waals surface area contributed by atoms with Crippen LogP contribution in [0.2, 0.25) is 5.02 Å². The second-order valence-corrected chi connectivity index (χ2v) is 6.50. The van der Waals surface area contributed by atoms with Crippen LogP contribution in [0.5, 0.6) is 5.75 Å². The Kier molecular flexibility index (Phi) is 4.78. The zero-order chi connectivity index (χ0) is 14.7. The molecule has 0 amide bonds. The van der Waals surface area contributed by atoms with Crippen molar-refractivity contribution in [3.8, 4) is 5.75 Å². The molecule has 3 nitrogen and oxygen atoms in total. The van der Waals surface area contributed by atoms with Gasteiger partial charge < -0.3 is 10.1 Å². The summed E-state index contributed by atoms with van der Waals surface area (Å²) in [6, 6.07) is 8.85. The zero-order valence-corrected chi connectivity index (χ0v) is 13.8. The Morgan fingerprint density at radius 3 is 2.86 bits per heavy atom. The molecule has 1 aliphatic rings. The van der Waals surface area contributed by atoms with E-state index >= 15 is 0 Å². The van der Waals surface area contributed by atoms with Crippen molar-refractivity contribution in [1.82, 2.24) is 10.3 Å². The van der Waals surface area contributed by atoms with Gasteiger partial charge in [0.1, 0.15) is 12.4 Å². The van der Waals surface area contributed by atoms with Crippen LogP contribution < -0.4 is 10.1 Å². The molecule has 3 rings (SSSR count). The number of nitrogens with zero attached hydrogens (tertiary/aromatic N) is 1. The van der Waals surface area contributed by atoms with Crippen molar-refractivity contribution in [2.24, 2.45) is 0 Å². The van der Waals surface area contributed by atoms with Gasteiger partial charge in [-0.2, -0.15) is 0 Å². The maximum absolute atomic E-state index is 5.89. The van der Waals surface area contributed by atoms with E-state index in [4.69, 9.17) is 16.3 Å². The average Bonchev–Trinajstić information content (AvgIpc) is 3.28. The van der Waals surface area contributed by atoms with E-state index in [0.29, 0.717) is 17.4 Å². The normalized spacial score (nSPS) is 14.2. The highest BCUT2D eigenvalue weighted by Crippen LogP contribution is 2.23. The molecule has 1 aliphatic carbocycles. The predicted octanol–water partition coefficient (Wildman–Crippen LogP) is 4.33. The van der Waals surface area contributed by atoms with Crippen molar-refractivity contribution < 1.29 is 4.74 Å². The highest BCUT2D eigenvalue weighted by atomic mass is 79.9. The first-order valence-corrected chi connectivity index (χ1v) is 8.12. The van der Waals surface area contributed by atoms with Gasteiger partial charge in [0.05, 0.1) is 11.2 Å². The highest BCUT2D eigenvalue weighted by molar-refractivity contribution is 9.10. The molecule has 21 heavy (non-hydrogen) atoms. The largest absolute Gasteiger partial charge is 0.487 e. The Labute approximate surface area is 137 Å². The Hall–Kier alpha value is -1.10. The van der Waals surface area contributed by atoms with Gasteiger partial charge in [-0.3, -0.25) is 4.98 Å². The lowest BCUT2D eigenvalue weighted by Gasteiger charge is -2.10. The first kappa shape index (κ1) is 14.8. The monoisotopic (exact) mass is 366 g/mol. The molecular formula is C16H16BrClN2O. The van der Waals surface area contributed by atoms with Crippen molar-refractivity contribution in [1.29, 1.82) is 0 Å². The second kappa shape index (κ2) is 6.77. The molecule has 0 spiro atoms. The fourth-order valence-electron chi connectivity index (χ4n) is 2.00. The molecule has 110 valence electrons. The highest BCUT2D eigenvalue weighted by Gasteiger charge is 2.19. The van der Waals surface area contributed by atoms with Crippen LogP contribution in [-0.2, 0) is 13.2 Å². The van der Waals surface area contributed by atoms with Gasteiger partial charge in [-0.05, 0) is 24.5 Å². The molecule has 0 bridgehead atoms. The van der Waals surface area contributed by atoms with E-state index in [1.165, 1.54) is 18.4 Å². The summed E-state index contributed by atoms with van der Waals surface area (Å²) in [7, 11) is 0. The van der Waals surface area contributed by atoms with Crippen LogP contribution in [0.3, 0.4) is 0 Å². The van der Waals surface area contributed by atoms with Crippen molar-refractivity contribution in [2.45, 2.75) is 32.0 Å². The Bertz CT molecular complexity index is 631. The van der Waals surface area contributed by atoms with Crippen LogP contribution in [0.1, 0.15) is 24.0 Å². The second-order valence-electron chi connectivity index (χ2n) is 5.21. The zero-order valence-electron chi connectivity index (χ0n) is 11.5. The lowest BCUT2D eigenvalue weighted by Crippen LogP contribution is -2.15. The first-order chi connectivity index (χ1) is 10.2. The SMILES string of the molecule is Clc1cncc(OCc2ccc(CNC3CC3)cc2Br)c1. The maximum Gasteiger partial charge on any atom is 0.139 e. The quantitative estimate of drug-likeness (QED) is 0.825. The number of hydrogen-bond donors (Lipinski definition) is 1. The van der Waals surface area contributed by atoms with Gasteiger partial charge in [-0.15, -0.1) is 0 Å². The van der Waals surface area contributed by atoms with E-state index in [0.717, 1.165) is 22.6 Å². The third-order valence-corrected chi connectivity index (χ3v) is 4.31. The number of halogens is 2. The van der Waals surface area contributed by atoms with Crippen LogP contribution in [0, 0.1) is 0 Å². The molecule has 1 aromatic heterocycles. The van der Waals surface area contributed by atoms with Gasteiger partial charge in [0, 0.05) is 34.9 Å². The minimum absolute atomic E-state index is 0.485. The summed E-state index contributed by atoms with van der Waals surface area (Å²) in [6.45, 7) is 1.40. The van der Waals surface area contributed by atoms with Gasteiger partial charge >= 0.3 is 0 Å². The number of ether oxygens (including phenoxy) is 1. The van der Waals surface area contributed by atoms with Crippen LogP contribution in [0.15, 0.2) is 41.1 Å². The molecule has 0 atom stereocenters. The third-order valence-electron chi connectivity index (χ3n) is 3.36. The summed E-state index contributed by atoms with van der Waals surface area (Å²) < 4.78 is 6.77. The minimum Gasteiger partial charge on any atom is -0.487 e. The molecule has 0 aliphatic heterocycles. The molecular weight excluding hydrogens is 352 g/mol. The maximum atomic E-state index is 5.89. The van der Waals surface area contributed by atoms with Crippen molar-refractivity contribution in [2.75, 3.05) is 0 Å². The van der Waals surface area contributed by atoms with Gasteiger partial charge in [-0.25, -0.2) is 0 Å². The van der Waals surface area contributed by atoms with Crippen LogP contribution in [0.4, 0.5) is 0 Å².